The van der Waals surface area contributed by atoms with Gasteiger partial charge in [-0.25, -0.2) is 13.1 Å². The van der Waals surface area contributed by atoms with Crippen molar-refractivity contribution in [2.45, 2.75) is 17.5 Å². The van der Waals surface area contributed by atoms with Gasteiger partial charge in [-0.05, 0) is 42.3 Å². The van der Waals surface area contributed by atoms with Gasteiger partial charge in [-0.3, -0.25) is 4.79 Å². The summed E-state index contributed by atoms with van der Waals surface area (Å²) < 4.78 is 64.1. The number of nitrogens with one attached hydrogen (secondary N) is 2. The van der Waals surface area contributed by atoms with E-state index in [4.69, 9.17) is 0 Å². The summed E-state index contributed by atoms with van der Waals surface area (Å²) in [5, 5.41) is 2.62. The molecule has 0 radical (unpaired) electrons. The third-order valence-corrected chi connectivity index (χ3v) is 5.23. The highest BCUT2D eigenvalue weighted by Crippen LogP contribution is 2.29. The average molecular weight is 412 g/mol. The molecule has 0 saturated carbocycles. The minimum Gasteiger partial charge on any atom is -0.352 e. The van der Waals surface area contributed by atoms with E-state index in [1.165, 1.54) is 42.5 Å². The number of benzene rings is 2. The molecule has 0 fully saturated rings. The largest absolute Gasteiger partial charge is 0.416 e. The Hall–Kier alpha value is -2.65. The highest BCUT2D eigenvalue weighted by Gasteiger charge is 2.29. The molecule has 2 rings (SSSR count). The zero-order chi connectivity index (χ0) is 20.8. The molecule has 28 heavy (non-hydrogen) atoms. The first-order valence-corrected chi connectivity index (χ1v) is 9.77. The van der Waals surface area contributed by atoms with Gasteiger partial charge in [-0.1, -0.05) is 24.3 Å². The number of rotatable bonds is 8. The van der Waals surface area contributed by atoms with Crippen LogP contribution < -0.4 is 10.0 Å². The van der Waals surface area contributed by atoms with Crippen LogP contribution in [0.3, 0.4) is 0 Å². The van der Waals surface area contributed by atoms with Crippen LogP contribution in [0.25, 0.3) is 0 Å². The molecule has 0 atom stereocenters. The van der Waals surface area contributed by atoms with E-state index >= 15 is 0 Å². The fourth-order valence-corrected chi connectivity index (χ4v) is 3.38. The molecule has 0 heterocycles. The van der Waals surface area contributed by atoms with Crippen molar-refractivity contribution in [3.63, 3.8) is 0 Å². The second kappa shape index (κ2) is 9.03. The van der Waals surface area contributed by atoms with E-state index in [1.54, 1.807) is 0 Å². The number of hydrogen-bond acceptors (Lipinski definition) is 3. The van der Waals surface area contributed by atoms with Crippen molar-refractivity contribution in [1.82, 2.24) is 10.0 Å². The van der Waals surface area contributed by atoms with Gasteiger partial charge >= 0.3 is 6.18 Å². The van der Waals surface area contributed by atoms with Crippen LogP contribution in [0.1, 0.15) is 21.5 Å². The van der Waals surface area contributed by atoms with E-state index in [0.29, 0.717) is 12.0 Å². The second-order valence-corrected chi connectivity index (χ2v) is 7.64. The van der Waals surface area contributed by atoms with E-state index in [-0.39, 0.29) is 23.5 Å². The maximum Gasteiger partial charge on any atom is 0.416 e. The molecule has 1 amide bonds. The lowest BCUT2D eigenvalue weighted by Crippen LogP contribution is -2.27. The number of sulfonamides is 1. The third kappa shape index (κ3) is 5.93. The van der Waals surface area contributed by atoms with Gasteiger partial charge in [0, 0.05) is 18.7 Å². The fourth-order valence-electron chi connectivity index (χ4n) is 2.34. The summed E-state index contributed by atoms with van der Waals surface area (Å²) in [5.41, 5.74) is 0.0653. The van der Waals surface area contributed by atoms with Gasteiger partial charge in [0.05, 0.1) is 10.5 Å². The van der Waals surface area contributed by atoms with Crippen LogP contribution in [0, 0.1) is 0 Å². The Balaban J connectivity index is 1.96. The quantitative estimate of drug-likeness (QED) is 0.654. The topological polar surface area (TPSA) is 75.3 Å². The molecule has 0 saturated heterocycles. The molecule has 150 valence electrons. The summed E-state index contributed by atoms with van der Waals surface area (Å²) in [6.45, 7) is 3.68. The van der Waals surface area contributed by atoms with Crippen molar-refractivity contribution in [3.8, 4) is 0 Å². The molecular formula is C19H19F3N2O3S. The molecule has 0 aliphatic rings. The van der Waals surface area contributed by atoms with E-state index in [9.17, 15) is 26.4 Å². The van der Waals surface area contributed by atoms with Gasteiger partial charge in [0.2, 0.25) is 10.0 Å². The number of carbonyl (C=O) groups is 1. The summed E-state index contributed by atoms with van der Waals surface area (Å²) in [7, 11) is -3.75. The normalized spacial score (nSPS) is 11.8. The molecule has 0 aromatic heterocycles. The van der Waals surface area contributed by atoms with Crippen LogP contribution in [0.2, 0.25) is 0 Å². The zero-order valence-electron chi connectivity index (χ0n) is 14.8. The zero-order valence-corrected chi connectivity index (χ0v) is 15.6. The first-order chi connectivity index (χ1) is 13.1. The van der Waals surface area contributed by atoms with Gasteiger partial charge in [0.1, 0.15) is 0 Å². The Morgan fingerprint density at radius 2 is 1.79 bits per heavy atom. The van der Waals surface area contributed by atoms with Crippen LogP contribution in [-0.2, 0) is 22.6 Å². The van der Waals surface area contributed by atoms with Crippen molar-refractivity contribution >= 4 is 15.9 Å². The van der Waals surface area contributed by atoms with Crippen molar-refractivity contribution in [1.29, 1.82) is 0 Å². The molecule has 2 aromatic carbocycles. The Bertz CT molecular complexity index is 940. The van der Waals surface area contributed by atoms with E-state index in [0.717, 1.165) is 12.1 Å². The van der Waals surface area contributed by atoms with Crippen molar-refractivity contribution in [2.24, 2.45) is 0 Å². The van der Waals surface area contributed by atoms with Gasteiger partial charge in [0.25, 0.3) is 5.91 Å². The van der Waals surface area contributed by atoms with Crippen molar-refractivity contribution in [3.05, 3.63) is 77.9 Å². The molecule has 2 aromatic rings. The maximum atomic E-state index is 12.5. The van der Waals surface area contributed by atoms with Crippen LogP contribution >= 0.6 is 0 Å². The first kappa shape index (κ1) is 21.6. The number of amides is 1. The minimum atomic E-state index is -4.39. The lowest BCUT2D eigenvalue weighted by molar-refractivity contribution is -0.137. The fraction of sp³-hybridized carbons (Fsp3) is 0.211. The second-order valence-electron chi connectivity index (χ2n) is 5.87. The lowest BCUT2D eigenvalue weighted by atomic mass is 10.1. The van der Waals surface area contributed by atoms with E-state index in [1.807, 2.05) is 0 Å². The Labute approximate surface area is 161 Å². The van der Waals surface area contributed by atoms with Crippen LogP contribution in [0.4, 0.5) is 13.2 Å². The lowest BCUT2D eigenvalue weighted by Gasteiger charge is -2.09. The smallest absolute Gasteiger partial charge is 0.352 e. The predicted molar refractivity (Wildman–Crippen MR) is 99.3 cm³/mol. The average Bonchev–Trinajstić information content (AvgIpc) is 2.66. The summed E-state index contributed by atoms with van der Waals surface area (Å²) in [5.74, 6) is -0.479. The standard InChI is InChI=1S/C19H19F3N2O3S/c1-2-11-24-28(26,27)17-5-3-4-15(13-17)18(25)23-12-10-14-6-8-16(9-7-14)19(20,21)22/h2-9,13,24H,1,10-12H2,(H,23,25). The van der Waals surface area contributed by atoms with Gasteiger partial charge in [0.15, 0.2) is 0 Å². The summed E-state index contributed by atoms with van der Waals surface area (Å²) in [4.78, 5) is 12.2. The third-order valence-electron chi connectivity index (χ3n) is 3.80. The SMILES string of the molecule is C=CCNS(=O)(=O)c1cccc(C(=O)NCCc2ccc(C(F)(F)F)cc2)c1. The molecule has 0 aliphatic heterocycles. The first-order valence-electron chi connectivity index (χ1n) is 8.28. The molecule has 0 bridgehead atoms. The van der Waals surface area contributed by atoms with E-state index in [2.05, 4.69) is 16.6 Å². The summed E-state index contributed by atoms with van der Waals surface area (Å²) in [6, 6.07) is 10.2. The summed E-state index contributed by atoms with van der Waals surface area (Å²) in [6.07, 6.45) is -2.66. The molecule has 9 heteroatoms. The molecule has 0 unspecified atom stereocenters. The van der Waals surface area contributed by atoms with Crippen LogP contribution in [0.15, 0.2) is 66.1 Å². The van der Waals surface area contributed by atoms with Crippen molar-refractivity contribution < 1.29 is 26.4 Å². The van der Waals surface area contributed by atoms with Crippen molar-refractivity contribution in [2.75, 3.05) is 13.1 Å². The van der Waals surface area contributed by atoms with Crippen LogP contribution in [-0.4, -0.2) is 27.4 Å². The molecule has 2 N–H and O–H groups in total. The Kier molecular flexibility index (Phi) is 6.98. The highest BCUT2D eigenvalue weighted by atomic mass is 32.2. The number of alkyl halides is 3. The van der Waals surface area contributed by atoms with Crippen LogP contribution in [0.5, 0.6) is 0 Å². The Morgan fingerprint density at radius 1 is 1.11 bits per heavy atom. The van der Waals surface area contributed by atoms with Gasteiger partial charge < -0.3 is 5.32 Å². The van der Waals surface area contributed by atoms with Gasteiger partial charge in [-0.2, -0.15) is 13.2 Å². The number of carbonyl (C=O) groups excluding carboxylic acids is 1. The minimum absolute atomic E-state index is 0.0512. The molecular weight excluding hydrogens is 393 g/mol. The van der Waals surface area contributed by atoms with E-state index < -0.39 is 27.7 Å². The maximum absolute atomic E-state index is 12.5. The monoisotopic (exact) mass is 412 g/mol. The highest BCUT2D eigenvalue weighted by molar-refractivity contribution is 7.89. The molecule has 0 aliphatic carbocycles. The number of hydrogen-bond donors (Lipinski definition) is 2. The molecule has 0 spiro atoms. The molecule has 5 nitrogen and oxygen atoms in total. The summed E-state index contributed by atoms with van der Waals surface area (Å²) >= 11 is 0. The number of halogens is 3. The predicted octanol–water partition coefficient (Wildman–Crippen LogP) is 3.14. The van der Waals surface area contributed by atoms with Gasteiger partial charge in [-0.15, -0.1) is 6.58 Å². The Morgan fingerprint density at radius 3 is 2.39 bits per heavy atom.